The van der Waals surface area contributed by atoms with E-state index in [0.29, 0.717) is 32.6 Å². The minimum atomic E-state index is -0.720. The number of hydrogen-bond donors (Lipinski definition) is 2. The maximum Gasteiger partial charge on any atom is 0.194 e. The molecule has 1 aromatic rings. The number of aliphatic imine (C=N–C) groups is 1. The fourth-order valence-corrected chi connectivity index (χ4v) is 3.56. The number of guanidine groups is 1. The second-order valence-corrected chi connectivity index (χ2v) is 7.32. The molecular weight excluding hydrogens is 328 g/mol. The largest absolute Gasteiger partial charge is 0.388 e. The van der Waals surface area contributed by atoms with Crippen LogP contribution in [0.1, 0.15) is 25.3 Å². The Labute approximate surface area is 156 Å². The zero-order chi connectivity index (χ0) is 18.4. The number of piperazine rings is 1. The zero-order valence-corrected chi connectivity index (χ0v) is 16.1. The van der Waals surface area contributed by atoms with Gasteiger partial charge in [-0.1, -0.05) is 12.1 Å². The summed E-state index contributed by atoms with van der Waals surface area (Å²) in [6.45, 7) is 10.6. The van der Waals surface area contributed by atoms with Crippen molar-refractivity contribution in [2.24, 2.45) is 4.99 Å². The molecule has 0 amide bonds. The predicted octanol–water partition coefficient (Wildman–Crippen LogP) is 1.62. The van der Waals surface area contributed by atoms with E-state index < -0.39 is 5.60 Å². The molecule has 26 heavy (non-hydrogen) atoms. The van der Waals surface area contributed by atoms with Gasteiger partial charge in [0, 0.05) is 64.5 Å². The average Bonchev–Trinajstić information content (AvgIpc) is 2.66. The molecule has 144 valence electrons. The Bertz CT molecular complexity index is 606. The molecule has 2 aliphatic rings. The molecule has 0 atom stereocenters. The fraction of sp³-hybridized carbons (Fsp3) is 0.650. The topological polar surface area (TPSA) is 60.3 Å². The van der Waals surface area contributed by atoms with Gasteiger partial charge in [-0.05, 0) is 31.5 Å². The first-order valence-electron chi connectivity index (χ1n) is 9.75. The van der Waals surface area contributed by atoms with Crippen LogP contribution in [0.4, 0.5) is 5.69 Å². The fourth-order valence-electron chi connectivity index (χ4n) is 3.56. The van der Waals surface area contributed by atoms with Crippen LogP contribution in [0, 0.1) is 6.92 Å². The highest BCUT2D eigenvalue weighted by Crippen LogP contribution is 2.21. The van der Waals surface area contributed by atoms with Crippen molar-refractivity contribution in [3.05, 3.63) is 29.8 Å². The van der Waals surface area contributed by atoms with Crippen LogP contribution in [0.25, 0.3) is 0 Å². The summed E-state index contributed by atoms with van der Waals surface area (Å²) in [6, 6.07) is 8.69. The molecule has 0 aliphatic carbocycles. The van der Waals surface area contributed by atoms with Gasteiger partial charge in [0.05, 0.1) is 12.1 Å². The molecule has 6 heteroatoms. The van der Waals surface area contributed by atoms with Crippen LogP contribution in [0.2, 0.25) is 0 Å². The van der Waals surface area contributed by atoms with Crippen LogP contribution in [0.15, 0.2) is 29.3 Å². The van der Waals surface area contributed by atoms with Crippen LogP contribution in [-0.2, 0) is 4.74 Å². The summed E-state index contributed by atoms with van der Waals surface area (Å²) in [7, 11) is 0. The van der Waals surface area contributed by atoms with Gasteiger partial charge in [0.1, 0.15) is 0 Å². The molecule has 2 fully saturated rings. The summed E-state index contributed by atoms with van der Waals surface area (Å²) in [5.41, 5.74) is 1.87. The minimum absolute atomic E-state index is 0.441. The molecule has 2 aliphatic heterocycles. The van der Waals surface area contributed by atoms with Crippen LogP contribution >= 0.6 is 0 Å². The van der Waals surface area contributed by atoms with Gasteiger partial charge in [-0.25, -0.2) is 0 Å². The predicted molar refractivity (Wildman–Crippen MR) is 106 cm³/mol. The molecule has 2 heterocycles. The van der Waals surface area contributed by atoms with Gasteiger partial charge in [0.25, 0.3) is 0 Å². The van der Waals surface area contributed by atoms with E-state index in [9.17, 15) is 5.11 Å². The van der Waals surface area contributed by atoms with Crippen LogP contribution in [-0.4, -0.2) is 74.0 Å². The quantitative estimate of drug-likeness (QED) is 0.631. The van der Waals surface area contributed by atoms with E-state index in [2.05, 4.69) is 53.2 Å². The zero-order valence-electron chi connectivity index (χ0n) is 16.1. The highest BCUT2D eigenvalue weighted by atomic mass is 16.5. The van der Waals surface area contributed by atoms with Crippen LogP contribution in [0.5, 0.6) is 0 Å². The van der Waals surface area contributed by atoms with Gasteiger partial charge in [0.2, 0.25) is 0 Å². The van der Waals surface area contributed by atoms with Crippen molar-refractivity contribution in [1.82, 2.24) is 10.2 Å². The first kappa shape index (κ1) is 19.0. The number of benzene rings is 1. The van der Waals surface area contributed by atoms with Crippen molar-refractivity contribution >= 4 is 11.6 Å². The third kappa shape index (κ3) is 4.89. The first-order chi connectivity index (χ1) is 12.6. The van der Waals surface area contributed by atoms with Crippen molar-refractivity contribution in [3.63, 3.8) is 0 Å². The third-order valence-corrected chi connectivity index (χ3v) is 5.23. The summed E-state index contributed by atoms with van der Waals surface area (Å²) in [6.07, 6.45) is 1.33. The maximum atomic E-state index is 10.7. The van der Waals surface area contributed by atoms with Crippen molar-refractivity contribution in [2.75, 3.05) is 57.4 Å². The minimum Gasteiger partial charge on any atom is -0.388 e. The van der Waals surface area contributed by atoms with Crippen LogP contribution < -0.4 is 10.2 Å². The third-order valence-electron chi connectivity index (χ3n) is 5.23. The van der Waals surface area contributed by atoms with E-state index in [1.165, 1.54) is 11.3 Å². The Balaban J connectivity index is 1.60. The molecular formula is C20H32N4O2. The normalized spacial score (nSPS) is 21.0. The Morgan fingerprint density at radius 1 is 1.23 bits per heavy atom. The van der Waals surface area contributed by atoms with Crippen molar-refractivity contribution in [3.8, 4) is 0 Å². The summed E-state index contributed by atoms with van der Waals surface area (Å²) in [4.78, 5) is 9.49. The summed E-state index contributed by atoms with van der Waals surface area (Å²) >= 11 is 0. The molecule has 0 aromatic heterocycles. The summed E-state index contributed by atoms with van der Waals surface area (Å²) < 4.78 is 5.36. The molecule has 2 N–H and O–H groups in total. The van der Waals surface area contributed by atoms with E-state index in [-0.39, 0.29) is 0 Å². The molecule has 6 nitrogen and oxygen atoms in total. The number of aliphatic hydroxyl groups is 1. The van der Waals surface area contributed by atoms with Crippen molar-refractivity contribution in [1.29, 1.82) is 0 Å². The highest BCUT2D eigenvalue weighted by Gasteiger charge is 2.30. The number of hydrogen-bond acceptors (Lipinski definition) is 4. The molecule has 0 bridgehead atoms. The molecule has 2 saturated heterocycles. The second kappa shape index (κ2) is 8.73. The second-order valence-electron chi connectivity index (χ2n) is 7.32. The molecule has 1 aromatic carbocycles. The van der Waals surface area contributed by atoms with Gasteiger partial charge < -0.3 is 25.0 Å². The Kier molecular flexibility index (Phi) is 6.38. The Morgan fingerprint density at radius 3 is 2.62 bits per heavy atom. The van der Waals surface area contributed by atoms with Gasteiger partial charge in [0.15, 0.2) is 5.96 Å². The number of nitrogens with one attached hydrogen (secondary N) is 1. The SMILES string of the molecule is CCNC(=NCC1(O)CCOCC1)N1CCN(c2cccc(C)c2)CC1. The maximum absolute atomic E-state index is 10.7. The standard InChI is InChI=1S/C20H32N4O2/c1-3-21-19(22-16-20(25)7-13-26-14-8-20)24-11-9-23(10-12-24)18-6-4-5-17(2)15-18/h4-6,15,25H,3,7-14,16H2,1-2H3,(H,21,22). The van der Waals surface area contributed by atoms with E-state index in [1.54, 1.807) is 0 Å². The van der Waals surface area contributed by atoms with Gasteiger partial charge in [-0.3, -0.25) is 4.99 Å². The first-order valence-corrected chi connectivity index (χ1v) is 9.75. The molecule has 0 spiro atoms. The summed E-state index contributed by atoms with van der Waals surface area (Å²) in [5, 5.41) is 14.0. The van der Waals surface area contributed by atoms with E-state index in [1.807, 2.05) is 0 Å². The molecule has 0 saturated carbocycles. The van der Waals surface area contributed by atoms with Gasteiger partial charge >= 0.3 is 0 Å². The number of ether oxygens (including phenoxy) is 1. The lowest BCUT2D eigenvalue weighted by Crippen LogP contribution is -2.53. The molecule has 0 unspecified atom stereocenters. The van der Waals surface area contributed by atoms with Gasteiger partial charge in [-0.2, -0.15) is 0 Å². The number of anilines is 1. The summed E-state index contributed by atoms with van der Waals surface area (Å²) in [5.74, 6) is 0.913. The average molecular weight is 361 g/mol. The van der Waals surface area contributed by atoms with Crippen molar-refractivity contribution < 1.29 is 9.84 Å². The van der Waals surface area contributed by atoms with Crippen molar-refractivity contribution in [2.45, 2.75) is 32.3 Å². The Hall–Kier alpha value is -1.79. The number of aryl methyl sites for hydroxylation is 1. The monoisotopic (exact) mass is 360 g/mol. The van der Waals surface area contributed by atoms with Gasteiger partial charge in [-0.15, -0.1) is 0 Å². The lowest BCUT2D eigenvalue weighted by molar-refractivity contribution is -0.0566. The van der Waals surface area contributed by atoms with E-state index in [0.717, 1.165) is 38.7 Å². The Morgan fingerprint density at radius 2 is 1.96 bits per heavy atom. The highest BCUT2D eigenvalue weighted by molar-refractivity contribution is 5.80. The van der Waals surface area contributed by atoms with Crippen LogP contribution in [0.3, 0.4) is 0 Å². The number of rotatable bonds is 4. The number of nitrogens with zero attached hydrogens (tertiary/aromatic N) is 3. The lowest BCUT2D eigenvalue weighted by atomic mass is 9.95. The van der Waals surface area contributed by atoms with E-state index >= 15 is 0 Å². The smallest absolute Gasteiger partial charge is 0.194 e. The van der Waals surface area contributed by atoms with E-state index in [4.69, 9.17) is 9.73 Å². The lowest BCUT2D eigenvalue weighted by Gasteiger charge is -2.38. The molecule has 3 rings (SSSR count). The molecule has 0 radical (unpaired) electrons.